The minimum Gasteiger partial charge on any atom is -0.340 e. The maximum atomic E-state index is 12.6. The highest BCUT2D eigenvalue weighted by Gasteiger charge is 2.31. The topological polar surface area (TPSA) is 83.7 Å². The monoisotopic (exact) mass is 345 g/mol. The molecule has 0 aromatic heterocycles. The van der Waals surface area contributed by atoms with Crippen LogP contribution in [0.5, 0.6) is 0 Å². The molecule has 1 amide bonds. The van der Waals surface area contributed by atoms with Gasteiger partial charge in [-0.05, 0) is 19.1 Å². The van der Waals surface area contributed by atoms with E-state index in [1.807, 2.05) is 0 Å². The normalized spacial score (nSPS) is 18.2. The van der Waals surface area contributed by atoms with E-state index in [4.69, 9.17) is 17.3 Å². The first kappa shape index (κ1) is 17.2. The minimum atomic E-state index is -3.63. The minimum absolute atomic E-state index is 0.0372. The molecule has 0 bridgehead atoms. The number of benzene rings is 1. The summed E-state index contributed by atoms with van der Waals surface area (Å²) in [7, 11) is -3.63. The summed E-state index contributed by atoms with van der Waals surface area (Å²) in [6.07, 6.45) is 0.275. The summed E-state index contributed by atoms with van der Waals surface area (Å²) in [5.41, 5.74) is 5.62. The second-order valence-electron chi connectivity index (χ2n) is 5.40. The van der Waals surface area contributed by atoms with Gasteiger partial charge in [-0.2, -0.15) is 4.31 Å². The molecule has 1 aromatic carbocycles. The highest BCUT2D eigenvalue weighted by Crippen LogP contribution is 2.25. The summed E-state index contributed by atoms with van der Waals surface area (Å²) in [6.45, 7) is 3.04. The van der Waals surface area contributed by atoms with E-state index in [0.29, 0.717) is 13.1 Å². The molecular formula is C14H20ClN3O3S. The van der Waals surface area contributed by atoms with Crippen LogP contribution < -0.4 is 5.73 Å². The Morgan fingerprint density at radius 2 is 1.86 bits per heavy atom. The molecule has 0 radical (unpaired) electrons. The Morgan fingerprint density at radius 3 is 2.41 bits per heavy atom. The van der Waals surface area contributed by atoms with Crippen molar-refractivity contribution in [3.63, 3.8) is 0 Å². The van der Waals surface area contributed by atoms with E-state index in [2.05, 4.69) is 0 Å². The maximum Gasteiger partial charge on any atom is 0.244 e. The first-order valence-electron chi connectivity index (χ1n) is 7.10. The van der Waals surface area contributed by atoms with Gasteiger partial charge in [0.25, 0.3) is 0 Å². The number of hydrogen-bond acceptors (Lipinski definition) is 4. The molecule has 1 heterocycles. The van der Waals surface area contributed by atoms with Gasteiger partial charge in [0.1, 0.15) is 4.90 Å². The van der Waals surface area contributed by atoms with Gasteiger partial charge in [-0.3, -0.25) is 4.79 Å². The van der Waals surface area contributed by atoms with Crippen LogP contribution in [0.25, 0.3) is 0 Å². The molecule has 6 nitrogen and oxygen atoms in total. The van der Waals surface area contributed by atoms with Crippen molar-refractivity contribution < 1.29 is 13.2 Å². The molecule has 1 aliphatic heterocycles. The van der Waals surface area contributed by atoms with Crippen LogP contribution in [-0.2, 0) is 14.8 Å². The van der Waals surface area contributed by atoms with Crippen LogP contribution in [0.4, 0.5) is 0 Å². The van der Waals surface area contributed by atoms with Gasteiger partial charge in [-0.25, -0.2) is 8.42 Å². The number of piperazine rings is 1. The number of amides is 1. The smallest absolute Gasteiger partial charge is 0.244 e. The Labute approximate surface area is 135 Å². The summed E-state index contributed by atoms with van der Waals surface area (Å²) in [4.78, 5) is 13.7. The summed E-state index contributed by atoms with van der Waals surface area (Å²) in [5.74, 6) is -0.0372. The maximum absolute atomic E-state index is 12.6. The number of halogens is 1. The van der Waals surface area contributed by atoms with E-state index < -0.39 is 10.0 Å². The number of carbonyl (C=O) groups is 1. The van der Waals surface area contributed by atoms with Crippen molar-refractivity contribution >= 4 is 27.5 Å². The van der Waals surface area contributed by atoms with Gasteiger partial charge in [0.2, 0.25) is 15.9 Å². The number of rotatable bonds is 4. The Hall–Kier alpha value is -1.15. The SMILES string of the molecule is CC(N)CC(=O)N1CCN(S(=O)(=O)c2ccccc2Cl)CC1. The molecule has 8 heteroatoms. The number of carbonyl (C=O) groups excluding carboxylic acids is 1. The lowest BCUT2D eigenvalue weighted by Crippen LogP contribution is -2.51. The summed E-state index contributed by atoms with van der Waals surface area (Å²) < 4.78 is 26.5. The predicted molar refractivity (Wildman–Crippen MR) is 85.1 cm³/mol. The Morgan fingerprint density at radius 1 is 1.27 bits per heavy atom. The Balaban J connectivity index is 2.05. The van der Waals surface area contributed by atoms with E-state index in [1.54, 1.807) is 30.0 Å². The average molecular weight is 346 g/mol. The molecule has 1 aromatic rings. The van der Waals surface area contributed by atoms with Gasteiger partial charge in [0.05, 0.1) is 5.02 Å². The van der Waals surface area contributed by atoms with E-state index >= 15 is 0 Å². The lowest BCUT2D eigenvalue weighted by atomic mass is 10.2. The van der Waals surface area contributed by atoms with Crippen LogP contribution in [0, 0.1) is 0 Å². The summed E-state index contributed by atoms with van der Waals surface area (Å²) >= 11 is 5.98. The molecule has 0 saturated carbocycles. The molecule has 22 heavy (non-hydrogen) atoms. The second-order valence-corrected chi connectivity index (χ2v) is 7.71. The van der Waals surface area contributed by atoms with Crippen molar-refractivity contribution in [2.45, 2.75) is 24.3 Å². The molecule has 122 valence electrons. The van der Waals surface area contributed by atoms with Crippen molar-refractivity contribution in [1.82, 2.24) is 9.21 Å². The largest absolute Gasteiger partial charge is 0.340 e. The van der Waals surface area contributed by atoms with Crippen molar-refractivity contribution in [1.29, 1.82) is 0 Å². The first-order valence-corrected chi connectivity index (χ1v) is 8.92. The molecule has 0 aliphatic carbocycles. The van der Waals surface area contributed by atoms with Gasteiger partial charge >= 0.3 is 0 Å². The zero-order chi connectivity index (χ0) is 16.3. The number of hydrogen-bond donors (Lipinski definition) is 1. The van der Waals surface area contributed by atoms with Gasteiger partial charge < -0.3 is 10.6 Å². The third-order valence-corrected chi connectivity index (χ3v) is 5.94. The first-order chi connectivity index (χ1) is 10.3. The van der Waals surface area contributed by atoms with Gasteiger partial charge in [0.15, 0.2) is 0 Å². The van der Waals surface area contributed by atoms with E-state index in [0.717, 1.165) is 0 Å². The van der Waals surface area contributed by atoms with Crippen LogP contribution in [0.3, 0.4) is 0 Å². The summed E-state index contributed by atoms with van der Waals surface area (Å²) in [5, 5.41) is 0.206. The van der Waals surface area contributed by atoms with Crippen LogP contribution in [0.2, 0.25) is 5.02 Å². The molecule has 1 unspecified atom stereocenters. The highest BCUT2D eigenvalue weighted by molar-refractivity contribution is 7.89. The predicted octanol–water partition coefficient (Wildman–Crippen LogP) is 0.910. The van der Waals surface area contributed by atoms with Gasteiger partial charge in [-0.15, -0.1) is 0 Å². The zero-order valence-corrected chi connectivity index (χ0v) is 14.0. The van der Waals surface area contributed by atoms with Crippen LogP contribution >= 0.6 is 11.6 Å². The van der Waals surface area contributed by atoms with E-state index in [9.17, 15) is 13.2 Å². The molecule has 1 saturated heterocycles. The fourth-order valence-corrected chi connectivity index (χ4v) is 4.29. The van der Waals surface area contributed by atoms with Crippen LogP contribution in [-0.4, -0.2) is 55.8 Å². The lowest BCUT2D eigenvalue weighted by molar-refractivity contribution is -0.132. The van der Waals surface area contributed by atoms with Crippen LogP contribution in [0.1, 0.15) is 13.3 Å². The van der Waals surface area contributed by atoms with Crippen molar-refractivity contribution in [3.05, 3.63) is 29.3 Å². The Kier molecular flexibility index (Phi) is 5.44. The second kappa shape index (κ2) is 6.95. The molecule has 1 atom stereocenters. The highest BCUT2D eigenvalue weighted by atomic mass is 35.5. The average Bonchev–Trinajstić information content (AvgIpc) is 2.47. The number of nitrogens with zero attached hydrogens (tertiary/aromatic N) is 2. The lowest BCUT2D eigenvalue weighted by Gasteiger charge is -2.34. The molecule has 0 spiro atoms. The molecular weight excluding hydrogens is 326 g/mol. The van der Waals surface area contributed by atoms with Crippen LogP contribution in [0.15, 0.2) is 29.2 Å². The van der Waals surface area contributed by atoms with Crippen molar-refractivity contribution in [2.24, 2.45) is 5.73 Å². The Bertz CT molecular complexity index is 640. The fourth-order valence-electron chi connectivity index (χ4n) is 2.38. The number of sulfonamides is 1. The zero-order valence-electron chi connectivity index (χ0n) is 12.4. The molecule has 2 rings (SSSR count). The standard InChI is InChI=1S/C14H20ClN3O3S/c1-11(16)10-14(19)17-6-8-18(9-7-17)22(20,21)13-5-3-2-4-12(13)15/h2-5,11H,6-10,16H2,1H3. The van der Waals surface area contributed by atoms with E-state index in [1.165, 1.54) is 10.4 Å². The molecule has 1 aliphatic rings. The number of nitrogens with two attached hydrogens (primary N) is 1. The third kappa shape index (κ3) is 3.78. The quantitative estimate of drug-likeness (QED) is 0.879. The van der Waals surface area contributed by atoms with Gasteiger partial charge in [0, 0.05) is 38.6 Å². The molecule has 2 N–H and O–H groups in total. The van der Waals surface area contributed by atoms with E-state index in [-0.39, 0.29) is 41.4 Å². The van der Waals surface area contributed by atoms with Gasteiger partial charge in [-0.1, -0.05) is 23.7 Å². The summed E-state index contributed by atoms with van der Waals surface area (Å²) in [6, 6.07) is 6.17. The fraction of sp³-hybridized carbons (Fsp3) is 0.500. The van der Waals surface area contributed by atoms with Crippen molar-refractivity contribution in [2.75, 3.05) is 26.2 Å². The van der Waals surface area contributed by atoms with Crippen molar-refractivity contribution in [3.8, 4) is 0 Å². The molecule has 1 fully saturated rings. The third-order valence-electron chi connectivity index (χ3n) is 3.54.